The lowest BCUT2D eigenvalue weighted by Gasteiger charge is -2.06. The molecule has 0 N–H and O–H groups in total. The number of carbonyl (C=O) groups is 1. The van der Waals surface area contributed by atoms with Crippen LogP contribution in [0.3, 0.4) is 0 Å². The molecular formula is C19H13NO2S. The van der Waals surface area contributed by atoms with Crippen LogP contribution in [0, 0.1) is 18.3 Å². The van der Waals surface area contributed by atoms with Gasteiger partial charge in [-0.3, -0.25) is 0 Å². The van der Waals surface area contributed by atoms with Crippen molar-refractivity contribution in [2.24, 2.45) is 0 Å². The first-order valence-electron chi connectivity index (χ1n) is 7.04. The Morgan fingerprint density at radius 2 is 1.61 bits per heavy atom. The highest BCUT2D eigenvalue weighted by Crippen LogP contribution is 2.24. The van der Waals surface area contributed by atoms with Crippen molar-refractivity contribution in [3.05, 3.63) is 76.0 Å². The summed E-state index contributed by atoms with van der Waals surface area (Å²) in [5.41, 5.74) is 3.57. The number of aryl methyl sites for hydroxylation is 1. The summed E-state index contributed by atoms with van der Waals surface area (Å²) in [6, 6.07) is 18.7. The molecule has 23 heavy (non-hydrogen) atoms. The van der Waals surface area contributed by atoms with E-state index in [1.54, 1.807) is 24.3 Å². The van der Waals surface area contributed by atoms with Crippen LogP contribution in [-0.2, 0) is 0 Å². The number of nitrogens with zero attached hydrogens (tertiary/aromatic N) is 1. The fraction of sp³-hybridized carbons (Fsp3) is 0.0526. The molecule has 0 bridgehead atoms. The Hall–Kier alpha value is -2.90. The molecule has 0 atom stereocenters. The molecule has 0 saturated carbocycles. The average molecular weight is 319 g/mol. The normalized spacial score (nSPS) is 10.1. The molecular weight excluding hydrogens is 306 g/mol. The molecule has 1 heterocycles. The lowest BCUT2D eigenvalue weighted by molar-refractivity contribution is 0.0739. The highest BCUT2D eigenvalue weighted by Gasteiger charge is 2.13. The zero-order valence-corrected chi connectivity index (χ0v) is 13.3. The van der Waals surface area contributed by atoms with Crippen molar-refractivity contribution in [3.63, 3.8) is 0 Å². The lowest BCUT2D eigenvalue weighted by Crippen LogP contribution is -2.07. The first-order valence-corrected chi connectivity index (χ1v) is 7.92. The third-order valence-corrected chi connectivity index (χ3v) is 4.46. The highest BCUT2D eigenvalue weighted by molar-refractivity contribution is 7.12. The van der Waals surface area contributed by atoms with Gasteiger partial charge in [-0.2, -0.15) is 5.26 Å². The molecule has 0 aliphatic rings. The predicted molar refractivity (Wildman–Crippen MR) is 90.6 cm³/mol. The largest absolute Gasteiger partial charge is 0.422 e. The van der Waals surface area contributed by atoms with Crippen LogP contribution < -0.4 is 4.74 Å². The quantitative estimate of drug-likeness (QED) is 0.514. The second kappa shape index (κ2) is 6.47. The molecule has 1 aromatic heterocycles. The van der Waals surface area contributed by atoms with Gasteiger partial charge in [-0.15, -0.1) is 11.3 Å². The number of esters is 1. The van der Waals surface area contributed by atoms with Crippen molar-refractivity contribution < 1.29 is 9.53 Å². The number of nitriles is 1. The lowest BCUT2D eigenvalue weighted by atomic mass is 10.0. The summed E-state index contributed by atoms with van der Waals surface area (Å²) in [6.45, 7) is 1.89. The van der Waals surface area contributed by atoms with Gasteiger partial charge in [-0.1, -0.05) is 24.3 Å². The summed E-state index contributed by atoms with van der Waals surface area (Å²) < 4.78 is 5.40. The molecule has 3 nitrogen and oxygen atoms in total. The molecule has 3 rings (SSSR count). The second-order valence-electron chi connectivity index (χ2n) is 5.04. The minimum Gasteiger partial charge on any atom is -0.422 e. The number of rotatable bonds is 3. The van der Waals surface area contributed by atoms with E-state index >= 15 is 0 Å². The maximum atomic E-state index is 12.1. The first kappa shape index (κ1) is 15.0. The van der Waals surface area contributed by atoms with Crippen LogP contribution in [0.15, 0.2) is 60.0 Å². The Kier molecular flexibility index (Phi) is 4.22. The molecule has 0 aliphatic carbocycles. The first-order chi connectivity index (χ1) is 11.2. The average Bonchev–Trinajstić information content (AvgIpc) is 3.02. The molecule has 0 unspecified atom stereocenters. The van der Waals surface area contributed by atoms with Gasteiger partial charge in [0.1, 0.15) is 10.6 Å². The van der Waals surface area contributed by atoms with Gasteiger partial charge in [-0.05, 0) is 59.3 Å². The van der Waals surface area contributed by atoms with Crippen LogP contribution in [0.5, 0.6) is 5.75 Å². The molecule has 112 valence electrons. The van der Waals surface area contributed by atoms with Crippen molar-refractivity contribution in [1.29, 1.82) is 5.26 Å². The predicted octanol–water partition coefficient (Wildman–Crippen LogP) is 4.81. The van der Waals surface area contributed by atoms with Crippen LogP contribution in [0.2, 0.25) is 0 Å². The Morgan fingerprint density at radius 1 is 1.00 bits per heavy atom. The Morgan fingerprint density at radius 3 is 2.13 bits per heavy atom. The summed E-state index contributed by atoms with van der Waals surface area (Å²) in [6.07, 6.45) is 0. The molecule has 3 aromatic rings. The van der Waals surface area contributed by atoms with Gasteiger partial charge >= 0.3 is 5.97 Å². The van der Waals surface area contributed by atoms with Crippen LogP contribution in [-0.4, -0.2) is 5.97 Å². The summed E-state index contributed by atoms with van der Waals surface area (Å²) in [4.78, 5) is 12.7. The van der Waals surface area contributed by atoms with Crippen molar-refractivity contribution in [2.45, 2.75) is 6.92 Å². The summed E-state index contributed by atoms with van der Waals surface area (Å²) >= 11 is 1.38. The van der Waals surface area contributed by atoms with Crippen LogP contribution in [0.4, 0.5) is 0 Å². The fourth-order valence-electron chi connectivity index (χ4n) is 2.19. The fourth-order valence-corrected chi connectivity index (χ4v) is 2.99. The minimum absolute atomic E-state index is 0.330. The van der Waals surface area contributed by atoms with E-state index < -0.39 is 0 Å². The Labute approximate surface area is 138 Å². The van der Waals surface area contributed by atoms with E-state index in [0.717, 1.165) is 16.7 Å². The van der Waals surface area contributed by atoms with E-state index in [0.29, 0.717) is 16.2 Å². The van der Waals surface area contributed by atoms with Crippen molar-refractivity contribution >= 4 is 17.3 Å². The van der Waals surface area contributed by atoms with E-state index in [9.17, 15) is 4.79 Å². The summed E-state index contributed by atoms with van der Waals surface area (Å²) in [5, 5.41) is 10.7. The standard InChI is InChI=1S/C19H13NO2S/c1-13-10-11-23-18(13)19(21)22-17-8-6-16(7-9-17)15-4-2-14(12-20)3-5-15/h2-11H,1H3. The number of benzene rings is 2. The van der Waals surface area contributed by atoms with Crippen molar-refractivity contribution in [1.82, 2.24) is 0 Å². The topological polar surface area (TPSA) is 50.1 Å². The Bertz CT molecular complexity index is 871. The molecule has 0 saturated heterocycles. The van der Waals surface area contributed by atoms with E-state index in [4.69, 9.17) is 10.00 Å². The van der Waals surface area contributed by atoms with Gasteiger partial charge in [0.2, 0.25) is 0 Å². The number of hydrogen-bond acceptors (Lipinski definition) is 4. The molecule has 0 fully saturated rings. The highest BCUT2D eigenvalue weighted by atomic mass is 32.1. The molecule has 0 radical (unpaired) electrons. The van der Waals surface area contributed by atoms with Gasteiger partial charge in [0.15, 0.2) is 0 Å². The smallest absolute Gasteiger partial charge is 0.353 e. The third-order valence-electron chi connectivity index (χ3n) is 3.46. The molecule has 4 heteroatoms. The monoisotopic (exact) mass is 319 g/mol. The van der Waals surface area contributed by atoms with E-state index in [1.165, 1.54) is 11.3 Å². The number of hydrogen-bond donors (Lipinski definition) is 0. The summed E-state index contributed by atoms with van der Waals surface area (Å²) in [7, 11) is 0. The van der Waals surface area contributed by atoms with Gasteiger partial charge in [-0.25, -0.2) is 4.79 Å². The van der Waals surface area contributed by atoms with Crippen molar-refractivity contribution in [2.75, 3.05) is 0 Å². The number of thiophene rings is 1. The third kappa shape index (κ3) is 3.31. The summed E-state index contributed by atoms with van der Waals surface area (Å²) in [5.74, 6) is 0.184. The maximum Gasteiger partial charge on any atom is 0.353 e. The zero-order chi connectivity index (χ0) is 16.2. The van der Waals surface area contributed by atoms with Crippen LogP contribution in [0.25, 0.3) is 11.1 Å². The van der Waals surface area contributed by atoms with E-state index in [2.05, 4.69) is 6.07 Å². The second-order valence-corrected chi connectivity index (χ2v) is 5.95. The van der Waals surface area contributed by atoms with Gasteiger partial charge < -0.3 is 4.74 Å². The molecule has 2 aromatic carbocycles. The van der Waals surface area contributed by atoms with Crippen LogP contribution in [0.1, 0.15) is 20.8 Å². The molecule has 0 amide bonds. The van der Waals surface area contributed by atoms with Crippen molar-refractivity contribution in [3.8, 4) is 22.9 Å². The van der Waals surface area contributed by atoms with E-state index in [-0.39, 0.29) is 5.97 Å². The van der Waals surface area contributed by atoms with Gasteiger partial charge in [0.05, 0.1) is 11.6 Å². The van der Waals surface area contributed by atoms with Gasteiger partial charge in [0, 0.05) is 0 Å². The SMILES string of the molecule is Cc1ccsc1C(=O)Oc1ccc(-c2ccc(C#N)cc2)cc1. The number of carbonyl (C=O) groups excluding carboxylic acids is 1. The van der Waals surface area contributed by atoms with Crippen LogP contribution >= 0.6 is 11.3 Å². The van der Waals surface area contributed by atoms with Gasteiger partial charge in [0.25, 0.3) is 0 Å². The zero-order valence-electron chi connectivity index (χ0n) is 12.4. The van der Waals surface area contributed by atoms with E-state index in [1.807, 2.05) is 42.6 Å². The minimum atomic E-state index is -0.330. The number of ether oxygens (including phenoxy) is 1. The Balaban J connectivity index is 1.75. The molecule has 0 spiro atoms. The molecule has 0 aliphatic heterocycles. The maximum absolute atomic E-state index is 12.1.